The SMILES string of the molecule is O=C1CCSc2ccc(C(=O)Nc3nc(-c4ccc5c(c4)OCCO5)cs3)cc2N1. The van der Waals surface area contributed by atoms with Crippen molar-refractivity contribution in [2.45, 2.75) is 11.3 Å². The first-order valence-corrected chi connectivity index (χ1v) is 11.3. The lowest BCUT2D eigenvalue weighted by molar-refractivity contribution is -0.115. The van der Waals surface area contributed by atoms with Crippen molar-refractivity contribution in [3.05, 3.63) is 47.3 Å². The molecule has 2 aromatic carbocycles. The van der Waals surface area contributed by atoms with Crippen LogP contribution in [0.25, 0.3) is 11.3 Å². The molecule has 0 saturated carbocycles. The number of nitrogens with one attached hydrogen (secondary N) is 2. The van der Waals surface area contributed by atoms with E-state index in [1.165, 1.54) is 11.3 Å². The lowest BCUT2D eigenvalue weighted by atomic mass is 10.1. The van der Waals surface area contributed by atoms with Gasteiger partial charge in [-0.1, -0.05) is 0 Å². The Kier molecular flexibility index (Phi) is 5.06. The van der Waals surface area contributed by atoms with Crippen LogP contribution in [0.3, 0.4) is 0 Å². The summed E-state index contributed by atoms with van der Waals surface area (Å²) >= 11 is 2.95. The molecule has 1 aromatic heterocycles. The molecule has 152 valence electrons. The molecule has 2 aliphatic rings. The van der Waals surface area contributed by atoms with Gasteiger partial charge < -0.3 is 14.8 Å². The van der Waals surface area contributed by atoms with E-state index in [1.54, 1.807) is 23.9 Å². The van der Waals surface area contributed by atoms with E-state index in [0.29, 0.717) is 41.8 Å². The van der Waals surface area contributed by atoms with Crippen molar-refractivity contribution in [1.29, 1.82) is 0 Å². The van der Waals surface area contributed by atoms with Gasteiger partial charge in [0.25, 0.3) is 5.91 Å². The van der Waals surface area contributed by atoms with E-state index in [-0.39, 0.29) is 11.8 Å². The number of hydrogen-bond acceptors (Lipinski definition) is 7. The van der Waals surface area contributed by atoms with E-state index in [4.69, 9.17) is 9.47 Å². The molecule has 30 heavy (non-hydrogen) atoms. The Labute approximate surface area is 180 Å². The predicted molar refractivity (Wildman–Crippen MR) is 117 cm³/mol. The van der Waals surface area contributed by atoms with Crippen LogP contribution in [-0.4, -0.2) is 35.8 Å². The average molecular weight is 440 g/mol. The van der Waals surface area contributed by atoms with Crippen molar-refractivity contribution in [3.8, 4) is 22.8 Å². The molecule has 0 atom stereocenters. The Morgan fingerprint density at radius 2 is 1.97 bits per heavy atom. The van der Waals surface area contributed by atoms with Crippen LogP contribution < -0.4 is 20.1 Å². The number of rotatable bonds is 3. The first-order valence-electron chi connectivity index (χ1n) is 9.39. The summed E-state index contributed by atoms with van der Waals surface area (Å²) < 4.78 is 11.2. The summed E-state index contributed by atoms with van der Waals surface area (Å²) in [7, 11) is 0. The summed E-state index contributed by atoms with van der Waals surface area (Å²) in [5.74, 6) is 1.84. The van der Waals surface area contributed by atoms with E-state index >= 15 is 0 Å². The Morgan fingerprint density at radius 1 is 1.10 bits per heavy atom. The molecule has 2 aliphatic heterocycles. The van der Waals surface area contributed by atoms with E-state index in [1.807, 2.05) is 29.6 Å². The number of thioether (sulfide) groups is 1. The van der Waals surface area contributed by atoms with E-state index in [9.17, 15) is 9.59 Å². The number of amides is 2. The number of carbonyl (C=O) groups is 2. The van der Waals surface area contributed by atoms with Crippen molar-refractivity contribution in [2.75, 3.05) is 29.6 Å². The number of benzene rings is 2. The molecule has 0 spiro atoms. The van der Waals surface area contributed by atoms with Gasteiger partial charge in [-0.3, -0.25) is 14.9 Å². The average Bonchev–Trinajstić information content (AvgIpc) is 3.14. The molecular formula is C21H17N3O4S2. The monoisotopic (exact) mass is 439 g/mol. The molecule has 0 aliphatic carbocycles. The summed E-state index contributed by atoms with van der Waals surface area (Å²) in [6.07, 6.45) is 0.461. The van der Waals surface area contributed by atoms with Crippen molar-refractivity contribution in [3.63, 3.8) is 0 Å². The lowest BCUT2D eigenvalue weighted by Crippen LogP contribution is -2.15. The molecule has 0 fully saturated rings. The number of thiazole rings is 1. The van der Waals surface area contributed by atoms with E-state index in [0.717, 1.165) is 27.7 Å². The van der Waals surface area contributed by atoms with Gasteiger partial charge in [0.2, 0.25) is 5.91 Å². The summed E-state index contributed by atoms with van der Waals surface area (Å²) in [6, 6.07) is 11.0. The topological polar surface area (TPSA) is 89.6 Å². The summed E-state index contributed by atoms with van der Waals surface area (Å²) in [5, 5.41) is 8.08. The van der Waals surface area contributed by atoms with Gasteiger partial charge in [-0.2, -0.15) is 0 Å². The largest absolute Gasteiger partial charge is 0.486 e. The molecule has 0 saturated heterocycles. The molecule has 2 amide bonds. The van der Waals surface area contributed by atoms with Gasteiger partial charge in [0.1, 0.15) is 13.2 Å². The third-order valence-corrected chi connectivity index (χ3v) is 6.50. The van der Waals surface area contributed by atoms with Gasteiger partial charge in [-0.15, -0.1) is 23.1 Å². The number of hydrogen-bond donors (Lipinski definition) is 2. The summed E-state index contributed by atoms with van der Waals surface area (Å²) in [6.45, 7) is 1.07. The van der Waals surface area contributed by atoms with Crippen molar-refractivity contribution in [1.82, 2.24) is 4.98 Å². The normalized spacial score (nSPS) is 15.0. The maximum atomic E-state index is 12.7. The second kappa shape index (κ2) is 8.00. The lowest BCUT2D eigenvalue weighted by Gasteiger charge is -2.18. The number of aromatic nitrogens is 1. The van der Waals surface area contributed by atoms with E-state index < -0.39 is 0 Å². The van der Waals surface area contributed by atoms with Crippen LogP contribution in [0.1, 0.15) is 16.8 Å². The zero-order valence-electron chi connectivity index (χ0n) is 15.8. The minimum atomic E-state index is -0.274. The van der Waals surface area contributed by atoms with Gasteiger partial charge in [0.05, 0.1) is 11.4 Å². The highest BCUT2D eigenvalue weighted by Gasteiger charge is 2.17. The van der Waals surface area contributed by atoms with Crippen molar-refractivity contribution < 1.29 is 19.1 Å². The minimum absolute atomic E-state index is 0.0391. The van der Waals surface area contributed by atoms with Crippen LogP contribution in [-0.2, 0) is 4.79 Å². The zero-order chi connectivity index (χ0) is 20.5. The Morgan fingerprint density at radius 3 is 2.87 bits per heavy atom. The Hall–Kier alpha value is -3.04. The van der Waals surface area contributed by atoms with Crippen LogP contribution in [0.2, 0.25) is 0 Å². The maximum Gasteiger partial charge on any atom is 0.257 e. The van der Waals surface area contributed by atoms with E-state index in [2.05, 4.69) is 15.6 Å². The Bertz CT molecular complexity index is 1150. The van der Waals surface area contributed by atoms with Crippen molar-refractivity contribution >= 4 is 45.7 Å². The fraction of sp³-hybridized carbons (Fsp3) is 0.190. The molecule has 9 heteroatoms. The molecular weight excluding hydrogens is 422 g/mol. The molecule has 0 unspecified atom stereocenters. The van der Waals surface area contributed by atoms with Crippen molar-refractivity contribution in [2.24, 2.45) is 0 Å². The van der Waals surface area contributed by atoms with Gasteiger partial charge in [-0.05, 0) is 36.4 Å². The van der Waals surface area contributed by atoms with Gasteiger partial charge >= 0.3 is 0 Å². The number of nitrogens with zero attached hydrogens (tertiary/aromatic N) is 1. The first-order chi connectivity index (χ1) is 14.7. The second-order valence-corrected chi connectivity index (χ2v) is 8.70. The third-order valence-electron chi connectivity index (χ3n) is 4.67. The standard InChI is InChI=1S/C21H17N3O4S2/c25-19-5-8-29-18-4-2-13(9-14(18)22-19)20(26)24-21-23-15(11-30-21)12-1-3-16-17(10-12)28-7-6-27-16/h1-4,9-11H,5-8H2,(H,22,25)(H,23,24,26). The quantitative estimate of drug-likeness (QED) is 0.634. The third kappa shape index (κ3) is 3.86. The highest BCUT2D eigenvalue weighted by molar-refractivity contribution is 7.99. The number of carbonyl (C=O) groups excluding carboxylic acids is 2. The van der Waals surface area contributed by atoms with Crippen LogP contribution in [0.4, 0.5) is 10.8 Å². The van der Waals surface area contributed by atoms with Crippen LogP contribution >= 0.6 is 23.1 Å². The number of ether oxygens (including phenoxy) is 2. The van der Waals surface area contributed by atoms with Gasteiger partial charge in [0, 0.05) is 33.6 Å². The zero-order valence-corrected chi connectivity index (χ0v) is 17.4. The molecule has 3 heterocycles. The van der Waals surface area contributed by atoms with Crippen LogP contribution in [0.5, 0.6) is 11.5 Å². The second-order valence-electron chi connectivity index (χ2n) is 6.71. The maximum absolute atomic E-state index is 12.7. The molecule has 0 radical (unpaired) electrons. The molecule has 2 N–H and O–H groups in total. The molecule has 7 nitrogen and oxygen atoms in total. The number of fused-ring (bicyclic) bond motifs is 2. The Balaban J connectivity index is 1.33. The molecule has 3 aromatic rings. The summed E-state index contributed by atoms with van der Waals surface area (Å²) in [5.41, 5.74) is 2.78. The molecule has 5 rings (SSSR count). The van der Waals surface area contributed by atoms with Crippen LogP contribution in [0, 0.1) is 0 Å². The van der Waals surface area contributed by atoms with Gasteiger partial charge in [-0.25, -0.2) is 4.98 Å². The predicted octanol–water partition coefficient (Wildman–Crippen LogP) is 4.27. The fourth-order valence-electron chi connectivity index (χ4n) is 3.20. The minimum Gasteiger partial charge on any atom is -0.486 e. The van der Waals surface area contributed by atoms with Gasteiger partial charge in [0.15, 0.2) is 16.6 Å². The smallest absolute Gasteiger partial charge is 0.257 e. The highest BCUT2D eigenvalue weighted by Crippen LogP contribution is 2.36. The molecule has 0 bridgehead atoms. The summed E-state index contributed by atoms with van der Waals surface area (Å²) in [4.78, 5) is 30.0. The van der Waals surface area contributed by atoms with Crippen LogP contribution in [0.15, 0.2) is 46.7 Å². The number of anilines is 2. The fourth-order valence-corrected chi connectivity index (χ4v) is 4.85. The highest BCUT2D eigenvalue weighted by atomic mass is 32.2. The first kappa shape index (κ1) is 19.0.